The van der Waals surface area contributed by atoms with Gasteiger partial charge < -0.3 is 15.2 Å². The normalized spacial score (nSPS) is 15.1. The number of carboxylic acid groups (broad SMARTS) is 1. The maximum Gasteiger partial charge on any atom is 1.00 e. The van der Waals surface area contributed by atoms with Crippen molar-refractivity contribution >= 4 is 28.9 Å². The second-order valence-electron chi connectivity index (χ2n) is 5.13. The Labute approximate surface area is 160 Å². The van der Waals surface area contributed by atoms with E-state index < -0.39 is 12.0 Å². The van der Waals surface area contributed by atoms with Crippen molar-refractivity contribution < 1.29 is 39.5 Å². The molecule has 2 aromatic rings. The van der Waals surface area contributed by atoms with Gasteiger partial charge in [0.2, 0.25) is 0 Å². The van der Waals surface area contributed by atoms with Gasteiger partial charge in [-0.1, -0.05) is 23.7 Å². The van der Waals surface area contributed by atoms with Crippen molar-refractivity contribution in [2.45, 2.75) is 31.3 Å². The van der Waals surface area contributed by atoms with Gasteiger partial charge in [0.15, 0.2) is 0 Å². The molecule has 1 unspecified atom stereocenters. The molecule has 7 heteroatoms. The van der Waals surface area contributed by atoms with Crippen LogP contribution in [-0.2, 0) is 11.3 Å². The Morgan fingerprint density at radius 2 is 2.27 bits per heavy atom. The molecule has 3 rings (SSSR count). The minimum Gasteiger partial charge on any atom is -0.548 e. The maximum atomic E-state index is 11.3. The summed E-state index contributed by atoms with van der Waals surface area (Å²) in [7, 11) is 0. The molecule has 1 atom stereocenters. The molecule has 1 fully saturated rings. The number of halogens is 1. The zero-order valence-electron chi connectivity index (χ0n) is 12.2. The number of hydrogen-bond donors (Lipinski definition) is 1. The fourth-order valence-corrected chi connectivity index (χ4v) is 3.39. The molecule has 0 amide bonds. The Morgan fingerprint density at radius 1 is 1.50 bits per heavy atom. The van der Waals surface area contributed by atoms with Crippen molar-refractivity contribution in [3.05, 3.63) is 50.9 Å². The van der Waals surface area contributed by atoms with Crippen LogP contribution >= 0.6 is 22.9 Å². The number of carboxylic acids is 1. The third-order valence-electron chi connectivity index (χ3n) is 3.40. The largest absolute Gasteiger partial charge is 1.00 e. The summed E-state index contributed by atoms with van der Waals surface area (Å²) in [5.74, 6) is -0.544. The van der Waals surface area contributed by atoms with E-state index in [1.807, 2.05) is 6.20 Å². The summed E-state index contributed by atoms with van der Waals surface area (Å²) in [5.41, 5.74) is 0.592. The maximum absolute atomic E-state index is 11.3. The molecule has 0 aliphatic heterocycles. The summed E-state index contributed by atoms with van der Waals surface area (Å²) < 4.78 is 0. The van der Waals surface area contributed by atoms with Crippen LogP contribution in [0.2, 0.25) is 5.02 Å². The summed E-state index contributed by atoms with van der Waals surface area (Å²) in [6.45, 7) is 0.454. The zero-order valence-corrected chi connectivity index (χ0v) is 15.8. The molecule has 0 radical (unpaired) electrons. The SMILES string of the molecule is O=C([O-])C(NCc1cnc(C2CC2)s1)c1cccc(Cl)c1.[Na+]. The molecule has 0 saturated heterocycles. The van der Waals surface area contributed by atoms with Crippen LogP contribution in [0.15, 0.2) is 30.5 Å². The third kappa shape index (κ3) is 4.54. The first-order valence-electron chi connectivity index (χ1n) is 6.78. The van der Waals surface area contributed by atoms with Crippen LogP contribution in [0, 0.1) is 0 Å². The topological polar surface area (TPSA) is 65.0 Å². The van der Waals surface area contributed by atoms with Crippen molar-refractivity contribution in [2.75, 3.05) is 0 Å². The van der Waals surface area contributed by atoms with Gasteiger partial charge in [-0.25, -0.2) is 4.98 Å². The monoisotopic (exact) mass is 344 g/mol. The van der Waals surface area contributed by atoms with E-state index >= 15 is 0 Å². The smallest absolute Gasteiger partial charge is 0.548 e. The Balaban J connectivity index is 0.00000176. The van der Waals surface area contributed by atoms with Gasteiger partial charge in [-0.05, 0) is 30.5 Å². The summed E-state index contributed by atoms with van der Waals surface area (Å²) in [4.78, 5) is 16.7. The second kappa shape index (κ2) is 7.90. The minimum absolute atomic E-state index is 0. The molecule has 1 N–H and O–H groups in total. The van der Waals surface area contributed by atoms with Crippen molar-refractivity contribution in [1.29, 1.82) is 0 Å². The van der Waals surface area contributed by atoms with Gasteiger partial charge in [0.05, 0.1) is 17.0 Å². The average molecular weight is 345 g/mol. The first-order valence-corrected chi connectivity index (χ1v) is 7.97. The fourth-order valence-electron chi connectivity index (χ4n) is 2.15. The summed E-state index contributed by atoms with van der Waals surface area (Å²) >= 11 is 7.55. The third-order valence-corrected chi connectivity index (χ3v) is 4.79. The van der Waals surface area contributed by atoms with E-state index in [1.54, 1.807) is 35.6 Å². The van der Waals surface area contributed by atoms with E-state index in [0.717, 1.165) is 9.88 Å². The number of nitrogens with zero attached hydrogens (tertiary/aromatic N) is 1. The number of rotatable bonds is 6. The van der Waals surface area contributed by atoms with Crippen LogP contribution in [0.25, 0.3) is 0 Å². The molecule has 1 aliphatic rings. The number of hydrogen-bond acceptors (Lipinski definition) is 5. The van der Waals surface area contributed by atoms with Crippen molar-refractivity contribution in [1.82, 2.24) is 10.3 Å². The second-order valence-corrected chi connectivity index (χ2v) is 6.71. The predicted octanol–water partition coefficient (Wildman–Crippen LogP) is -0.741. The van der Waals surface area contributed by atoms with Gasteiger partial charge in [0, 0.05) is 28.6 Å². The zero-order chi connectivity index (χ0) is 14.8. The van der Waals surface area contributed by atoms with E-state index in [0.29, 0.717) is 23.0 Å². The predicted molar refractivity (Wildman–Crippen MR) is 80.1 cm³/mol. The molecule has 1 aromatic carbocycles. The molecular formula is C15H14ClN2NaO2S. The molecule has 110 valence electrons. The molecular weight excluding hydrogens is 331 g/mol. The molecule has 4 nitrogen and oxygen atoms in total. The average Bonchev–Trinajstić information content (AvgIpc) is 3.19. The van der Waals surface area contributed by atoms with Crippen molar-refractivity contribution in [2.24, 2.45) is 0 Å². The van der Waals surface area contributed by atoms with Crippen LogP contribution in [0.4, 0.5) is 0 Å². The van der Waals surface area contributed by atoms with Crippen LogP contribution in [0.5, 0.6) is 0 Å². The Hall–Kier alpha value is -0.430. The minimum atomic E-state index is -1.16. The van der Waals surface area contributed by atoms with Gasteiger partial charge in [-0.3, -0.25) is 0 Å². The molecule has 0 bridgehead atoms. The van der Waals surface area contributed by atoms with Crippen LogP contribution in [-0.4, -0.2) is 11.0 Å². The van der Waals surface area contributed by atoms with E-state index in [4.69, 9.17) is 11.6 Å². The fraction of sp³-hybridized carbons (Fsp3) is 0.333. The van der Waals surface area contributed by atoms with Crippen molar-refractivity contribution in [3.8, 4) is 0 Å². The molecule has 0 spiro atoms. The van der Waals surface area contributed by atoms with Crippen molar-refractivity contribution in [3.63, 3.8) is 0 Å². The van der Waals surface area contributed by atoms with Gasteiger partial charge in [-0.15, -0.1) is 11.3 Å². The first-order chi connectivity index (χ1) is 10.1. The van der Waals surface area contributed by atoms with Gasteiger partial charge in [0.1, 0.15) is 0 Å². The van der Waals surface area contributed by atoms with E-state index in [9.17, 15) is 9.90 Å². The number of carbonyl (C=O) groups is 1. The summed E-state index contributed by atoms with van der Waals surface area (Å²) in [5, 5.41) is 16.0. The number of carbonyl (C=O) groups excluding carboxylic acids is 1. The van der Waals surface area contributed by atoms with E-state index in [1.165, 1.54) is 12.8 Å². The summed E-state index contributed by atoms with van der Waals surface area (Å²) in [6.07, 6.45) is 4.24. The number of thiazole rings is 1. The molecule has 1 saturated carbocycles. The van der Waals surface area contributed by atoms with Crippen LogP contribution in [0.1, 0.15) is 40.2 Å². The quantitative estimate of drug-likeness (QED) is 0.701. The number of nitrogens with one attached hydrogen (secondary N) is 1. The number of aromatic nitrogens is 1. The first kappa shape index (κ1) is 17.9. The Bertz CT molecular complexity index is 660. The number of benzene rings is 1. The van der Waals surface area contributed by atoms with Crippen LogP contribution in [0.3, 0.4) is 0 Å². The molecule has 1 aliphatic carbocycles. The van der Waals surface area contributed by atoms with Crippen LogP contribution < -0.4 is 40.0 Å². The van der Waals surface area contributed by atoms with Gasteiger partial charge in [0.25, 0.3) is 0 Å². The standard InChI is InChI=1S/C15H15ClN2O2S.Na/c16-11-3-1-2-10(6-11)13(15(19)20)17-7-12-8-18-14(21-12)9-4-5-9;/h1-3,6,8-9,13,17H,4-5,7H2,(H,19,20);/q;+1/p-1. The number of aliphatic carboxylic acids is 1. The molecule has 22 heavy (non-hydrogen) atoms. The van der Waals surface area contributed by atoms with E-state index in [2.05, 4.69) is 10.3 Å². The molecule has 1 heterocycles. The van der Waals surface area contributed by atoms with E-state index in [-0.39, 0.29) is 29.6 Å². The van der Waals surface area contributed by atoms with Gasteiger partial charge in [-0.2, -0.15) is 0 Å². The Morgan fingerprint density at radius 3 is 2.91 bits per heavy atom. The summed E-state index contributed by atoms with van der Waals surface area (Å²) in [6, 6.07) is 5.92. The Kier molecular flexibility index (Phi) is 6.44. The van der Waals surface area contributed by atoms with Gasteiger partial charge >= 0.3 is 29.6 Å². The molecule has 1 aromatic heterocycles.